The molecule has 1 aromatic rings. The summed E-state index contributed by atoms with van der Waals surface area (Å²) in [5.41, 5.74) is 8.26. The number of rotatable bonds is 5. The smallest absolute Gasteiger partial charge is 0.142 e. The van der Waals surface area contributed by atoms with Crippen molar-refractivity contribution < 1.29 is 4.74 Å². The van der Waals surface area contributed by atoms with E-state index in [9.17, 15) is 0 Å². The van der Waals surface area contributed by atoms with Gasteiger partial charge in [0.15, 0.2) is 0 Å². The van der Waals surface area contributed by atoms with Crippen molar-refractivity contribution in [3.05, 3.63) is 23.8 Å². The summed E-state index contributed by atoms with van der Waals surface area (Å²) in [6.45, 7) is 9.23. The lowest BCUT2D eigenvalue weighted by Crippen LogP contribution is -2.44. The number of hydrogen-bond donors (Lipinski definition) is 1. The Morgan fingerprint density at radius 2 is 1.94 bits per heavy atom. The number of likely N-dealkylation sites (N-methyl/N-ethyl adjacent to an activating group) is 1. The Hall–Kier alpha value is -1.22. The van der Waals surface area contributed by atoms with Crippen molar-refractivity contribution in [2.45, 2.75) is 39.2 Å². The average molecular weight is 250 g/mol. The van der Waals surface area contributed by atoms with Crippen LogP contribution in [-0.4, -0.2) is 26.2 Å². The lowest BCUT2D eigenvalue weighted by atomic mass is 10.0. The van der Waals surface area contributed by atoms with Crippen LogP contribution in [0.3, 0.4) is 0 Å². The summed E-state index contributed by atoms with van der Waals surface area (Å²) in [7, 11) is 3.76. The number of nitrogens with zero attached hydrogens (tertiary/aromatic N) is 1. The lowest BCUT2D eigenvalue weighted by molar-refractivity contribution is 0.413. The van der Waals surface area contributed by atoms with Gasteiger partial charge in [-0.15, -0.1) is 0 Å². The zero-order valence-electron chi connectivity index (χ0n) is 12.4. The molecule has 0 amide bonds. The Morgan fingerprint density at radius 1 is 1.33 bits per heavy atom. The molecule has 0 aromatic heterocycles. The standard InChI is InChI=1S/C15H26N2O/c1-11(2)12-7-8-14(18-6)13(9-12)17(5)10-15(3,4)16/h7-9,11H,10,16H2,1-6H3. The second-order valence-corrected chi connectivity index (χ2v) is 5.93. The molecular formula is C15H26N2O. The third kappa shape index (κ3) is 3.91. The van der Waals surface area contributed by atoms with Gasteiger partial charge in [0.2, 0.25) is 0 Å². The Morgan fingerprint density at radius 3 is 2.39 bits per heavy atom. The molecule has 0 aliphatic rings. The van der Waals surface area contributed by atoms with Crippen LogP contribution in [0.2, 0.25) is 0 Å². The molecule has 0 aliphatic heterocycles. The Kier molecular flexibility index (Phi) is 4.63. The maximum Gasteiger partial charge on any atom is 0.142 e. The van der Waals surface area contributed by atoms with Gasteiger partial charge in [-0.1, -0.05) is 19.9 Å². The van der Waals surface area contributed by atoms with Gasteiger partial charge in [-0.2, -0.15) is 0 Å². The van der Waals surface area contributed by atoms with E-state index in [0.717, 1.165) is 18.0 Å². The topological polar surface area (TPSA) is 38.5 Å². The number of ether oxygens (including phenoxy) is 1. The summed E-state index contributed by atoms with van der Waals surface area (Å²) in [6.07, 6.45) is 0. The number of benzene rings is 1. The van der Waals surface area contributed by atoms with E-state index in [4.69, 9.17) is 10.5 Å². The first-order chi connectivity index (χ1) is 8.24. The molecule has 1 aromatic carbocycles. The molecule has 0 fully saturated rings. The molecule has 0 bridgehead atoms. The fourth-order valence-electron chi connectivity index (χ4n) is 2.06. The van der Waals surface area contributed by atoms with E-state index < -0.39 is 0 Å². The van der Waals surface area contributed by atoms with Crippen LogP contribution in [0.15, 0.2) is 18.2 Å². The van der Waals surface area contributed by atoms with Crippen LogP contribution in [0.5, 0.6) is 5.75 Å². The van der Waals surface area contributed by atoms with E-state index in [2.05, 4.69) is 37.9 Å². The SMILES string of the molecule is COc1ccc(C(C)C)cc1N(C)CC(C)(C)N. The number of nitrogens with two attached hydrogens (primary N) is 1. The van der Waals surface area contributed by atoms with Gasteiger partial charge < -0.3 is 15.4 Å². The second-order valence-electron chi connectivity index (χ2n) is 5.93. The third-order valence-corrected chi connectivity index (χ3v) is 2.93. The van der Waals surface area contributed by atoms with Crippen molar-refractivity contribution in [1.29, 1.82) is 0 Å². The van der Waals surface area contributed by atoms with Gasteiger partial charge in [-0.3, -0.25) is 0 Å². The van der Waals surface area contributed by atoms with Gasteiger partial charge in [-0.05, 0) is 37.5 Å². The van der Waals surface area contributed by atoms with Gasteiger partial charge in [0.25, 0.3) is 0 Å². The molecule has 18 heavy (non-hydrogen) atoms. The fourth-order valence-corrected chi connectivity index (χ4v) is 2.06. The Balaban J connectivity index is 3.07. The minimum atomic E-state index is -0.229. The summed E-state index contributed by atoms with van der Waals surface area (Å²) in [5.74, 6) is 1.40. The molecule has 0 radical (unpaired) electrons. The van der Waals surface area contributed by atoms with Crippen molar-refractivity contribution in [3.63, 3.8) is 0 Å². The molecular weight excluding hydrogens is 224 g/mol. The summed E-state index contributed by atoms with van der Waals surface area (Å²) < 4.78 is 5.43. The Bertz CT molecular complexity index is 394. The van der Waals surface area contributed by atoms with Crippen LogP contribution in [0.1, 0.15) is 39.2 Å². The van der Waals surface area contributed by atoms with Crippen LogP contribution in [-0.2, 0) is 0 Å². The molecule has 0 spiro atoms. The summed E-state index contributed by atoms with van der Waals surface area (Å²) in [6, 6.07) is 6.34. The molecule has 0 aliphatic carbocycles. The number of hydrogen-bond acceptors (Lipinski definition) is 3. The van der Waals surface area contributed by atoms with E-state index in [1.165, 1.54) is 5.56 Å². The largest absolute Gasteiger partial charge is 0.495 e. The molecule has 1 rings (SSSR count). The Labute approximate surface area is 111 Å². The summed E-state index contributed by atoms with van der Waals surface area (Å²) in [5, 5.41) is 0. The minimum absolute atomic E-state index is 0.229. The quantitative estimate of drug-likeness (QED) is 0.873. The predicted octanol–water partition coefficient (Wildman–Crippen LogP) is 2.99. The van der Waals surface area contributed by atoms with E-state index in [0.29, 0.717) is 5.92 Å². The number of anilines is 1. The first-order valence-corrected chi connectivity index (χ1v) is 6.42. The molecule has 2 N–H and O–H groups in total. The van der Waals surface area contributed by atoms with Crippen LogP contribution < -0.4 is 15.4 Å². The van der Waals surface area contributed by atoms with Crippen LogP contribution in [0.25, 0.3) is 0 Å². The lowest BCUT2D eigenvalue weighted by Gasteiger charge is -2.29. The molecule has 0 saturated carbocycles. The maximum absolute atomic E-state index is 6.08. The first kappa shape index (κ1) is 14.8. The highest BCUT2D eigenvalue weighted by Crippen LogP contribution is 2.31. The van der Waals surface area contributed by atoms with Crippen molar-refractivity contribution in [1.82, 2.24) is 0 Å². The molecule has 0 heterocycles. The predicted molar refractivity (Wildman–Crippen MR) is 78.6 cm³/mol. The van der Waals surface area contributed by atoms with Gasteiger partial charge in [0, 0.05) is 19.1 Å². The minimum Gasteiger partial charge on any atom is -0.495 e. The van der Waals surface area contributed by atoms with Gasteiger partial charge in [0.1, 0.15) is 5.75 Å². The summed E-state index contributed by atoms with van der Waals surface area (Å²) >= 11 is 0. The zero-order chi connectivity index (χ0) is 13.9. The van der Waals surface area contributed by atoms with Crippen LogP contribution in [0, 0.1) is 0 Å². The highest BCUT2D eigenvalue weighted by molar-refractivity contribution is 5.60. The molecule has 3 nitrogen and oxygen atoms in total. The van der Waals surface area contributed by atoms with Crippen molar-refractivity contribution in [2.75, 3.05) is 25.6 Å². The molecule has 0 unspecified atom stereocenters. The van der Waals surface area contributed by atoms with Gasteiger partial charge in [0.05, 0.1) is 12.8 Å². The van der Waals surface area contributed by atoms with E-state index >= 15 is 0 Å². The van der Waals surface area contributed by atoms with Crippen molar-refractivity contribution in [2.24, 2.45) is 5.73 Å². The monoisotopic (exact) mass is 250 g/mol. The highest BCUT2D eigenvalue weighted by Gasteiger charge is 2.17. The van der Waals surface area contributed by atoms with E-state index in [-0.39, 0.29) is 5.54 Å². The average Bonchev–Trinajstić information content (AvgIpc) is 2.25. The molecule has 3 heteroatoms. The maximum atomic E-state index is 6.08. The molecule has 102 valence electrons. The number of methoxy groups -OCH3 is 1. The van der Waals surface area contributed by atoms with Crippen LogP contribution in [0.4, 0.5) is 5.69 Å². The van der Waals surface area contributed by atoms with E-state index in [1.54, 1.807) is 7.11 Å². The van der Waals surface area contributed by atoms with E-state index in [1.807, 2.05) is 19.9 Å². The van der Waals surface area contributed by atoms with Gasteiger partial charge in [-0.25, -0.2) is 0 Å². The van der Waals surface area contributed by atoms with Gasteiger partial charge >= 0.3 is 0 Å². The zero-order valence-corrected chi connectivity index (χ0v) is 12.4. The fraction of sp³-hybridized carbons (Fsp3) is 0.600. The van der Waals surface area contributed by atoms with Crippen molar-refractivity contribution in [3.8, 4) is 5.75 Å². The second kappa shape index (κ2) is 5.61. The molecule has 0 saturated heterocycles. The summed E-state index contributed by atoms with van der Waals surface area (Å²) in [4.78, 5) is 2.16. The van der Waals surface area contributed by atoms with Crippen LogP contribution >= 0.6 is 0 Å². The third-order valence-electron chi connectivity index (χ3n) is 2.93. The molecule has 0 atom stereocenters. The highest BCUT2D eigenvalue weighted by atomic mass is 16.5. The normalized spacial score (nSPS) is 11.8. The van der Waals surface area contributed by atoms with Crippen molar-refractivity contribution >= 4 is 5.69 Å². The first-order valence-electron chi connectivity index (χ1n) is 6.42.